The monoisotopic (exact) mass is 232 g/mol. The van der Waals surface area contributed by atoms with Crippen molar-refractivity contribution in [1.82, 2.24) is 0 Å². The van der Waals surface area contributed by atoms with Crippen molar-refractivity contribution < 1.29 is 9.59 Å². The Labute approximate surface area is 103 Å². The second-order valence-corrected chi connectivity index (χ2v) is 4.98. The van der Waals surface area contributed by atoms with Crippen LogP contribution in [0.3, 0.4) is 0 Å². The Balaban J connectivity index is 2.77. The molecule has 0 bridgehead atoms. The average Bonchev–Trinajstić information content (AvgIpc) is 2.20. The zero-order valence-corrected chi connectivity index (χ0v) is 11.0. The van der Waals surface area contributed by atoms with Crippen molar-refractivity contribution in [3.63, 3.8) is 0 Å². The minimum absolute atomic E-state index is 0.0302. The zero-order chi connectivity index (χ0) is 13.0. The SMILES string of the molecule is Cc1cccc(C(=O)CC(=O)CC(C)C)c1C. The summed E-state index contributed by atoms with van der Waals surface area (Å²) in [5.74, 6) is 0.289. The topological polar surface area (TPSA) is 34.1 Å². The van der Waals surface area contributed by atoms with Gasteiger partial charge in [-0.25, -0.2) is 0 Å². The fourth-order valence-electron chi connectivity index (χ4n) is 1.85. The lowest BCUT2D eigenvalue weighted by molar-refractivity contribution is -0.118. The lowest BCUT2D eigenvalue weighted by atomic mass is 9.95. The van der Waals surface area contributed by atoms with Crippen LogP contribution in [0.25, 0.3) is 0 Å². The van der Waals surface area contributed by atoms with Crippen molar-refractivity contribution >= 4 is 11.6 Å². The van der Waals surface area contributed by atoms with Crippen LogP contribution < -0.4 is 0 Å². The van der Waals surface area contributed by atoms with E-state index in [1.54, 1.807) is 6.07 Å². The van der Waals surface area contributed by atoms with Gasteiger partial charge in [0, 0.05) is 12.0 Å². The molecule has 1 aromatic rings. The van der Waals surface area contributed by atoms with E-state index in [-0.39, 0.29) is 18.0 Å². The molecule has 0 spiro atoms. The lowest BCUT2D eigenvalue weighted by Crippen LogP contribution is -2.11. The van der Waals surface area contributed by atoms with Gasteiger partial charge in [-0.15, -0.1) is 0 Å². The van der Waals surface area contributed by atoms with Gasteiger partial charge in [0.1, 0.15) is 5.78 Å². The molecule has 1 aromatic carbocycles. The largest absolute Gasteiger partial charge is 0.299 e. The normalized spacial score (nSPS) is 10.6. The summed E-state index contributed by atoms with van der Waals surface area (Å²) < 4.78 is 0. The van der Waals surface area contributed by atoms with Gasteiger partial charge >= 0.3 is 0 Å². The molecule has 1 rings (SSSR count). The first-order valence-electron chi connectivity index (χ1n) is 6.03. The Morgan fingerprint density at radius 3 is 2.41 bits per heavy atom. The summed E-state index contributed by atoms with van der Waals surface area (Å²) in [4.78, 5) is 23.6. The molecule has 0 aliphatic carbocycles. The molecule has 2 heteroatoms. The van der Waals surface area contributed by atoms with Crippen molar-refractivity contribution in [2.45, 2.75) is 40.5 Å². The highest BCUT2D eigenvalue weighted by atomic mass is 16.1. The van der Waals surface area contributed by atoms with Crippen LogP contribution in [0.1, 0.15) is 48.2 Å². The average molecular weight is 232 g/mol. The maximum Gasteiger partial charge on any atom is 0.170 e. The number of hydrogen-bond donors (Lipinski definition) is 0. The third-order valence-electron chi connectivity index (χ3n) is 2.90. The second kappa shape index (κ2) is 5.76. The van der Waals surface area contributed by atoms with Crippen molar-refractivity contribution in [2.75, 3.05) is 0 Å². The van der Waals surface area contributed by atoms with Crippen LogP contribution in [0.5, 0.6) is 0 Å². The fourth-order valence-corrected chi connectivity index (χ4v) is 1.85. The van der Waals surface area contributed by atoms with Crippen LogP contribution in [0.15, 0.2) is 18.2 Å². The van der Waals surface area contributed by atoms with E-state index in [1.807, 2.05) is 39.8 Å². The maximum atomic E-state index is 12.0. The fraction of sp³-hybridized carbons (Fsp3) is 0.467. The predicted octanol–water partition coefficient (Wildman–Crippen LogP) is 3.49. The molecule has 0 N–H and O–H groups in total. The highest BCUT2D eigenvalue weighted by Crippen LogP contribution is 2.15. The van der Waals surface area contributed by atoms with Gasteiger partial charge in [0.25, 0.3) is 0 Å². The summed E-state index contributed by atoms with van der Waals surface area (Å²) in [5.41, 5.74) is 2.75. The smallest absolute Gasteiger partial charge is 0.170 e. The van der Waals surface area contributed by atoms with Crippen LogP contribution in [0, 0.1) is 19.8 Å². The van der Waals surface area contributed by atoms with Crippen molar-refractivity contribution in [3.8, 4) is 0 Å². The number of carbonyl (C=O) groups is 2. The molecule has 0 saturated heterocycles. The highest BCUT2D eigenvalue weighted by molar-refractivity contribution is 6.08. The van der Waals surface area contributed by atoms with E-state index in [0.29, 0.717) is 17.9 Å². The molecule has 17 heavy (non-hydrogen) atoms. The maximum absolute atomic E-state index is 12.0. The highest BCUT2D eigenvalue weighted by Gasteiger charge is 2.15. The molecule has 0 radical (unpaired) electrons. The van der Waals surface area contributed by atoms with Crippen LogP contribution in [0.2, 0.25) is 0 Å². The van der Waals surface area contributed by atoms with E-state index < -0.39 is 0 Å². The molecule has 0 aliphatic heterocycles. The van der Waals surface area contributed by atoms with Gasteiger partial charge in [0.2, 0.25) is 0 Å². The number of Topliss-reactive ketones (excluding diaryl/α,β-unsaturated/α-hetero) is 2. The van der Waals surface area contributed by atoms with E-state index in [1.165, 1.54) is 0 Å². The van der Waals surface area contributed by atoms with Gasteiger partial charge in [-0.05, 0) is 30.9 Å². The molecule has 0 heterocycles. The van der Waals surface area contributed by atoms with Gasteiger partial charge in [0.15, 0.2) is 5.78 Å². The molecule has 0 atom stereocenters. The summed E-state index contributed by atoms with van der Waals surface area (Å²) in [6.45, 7) is 7.87. The first kappa shape index (κ1) is 13.6. The molecule has 0 amide bonds. The van der Waals surface area contributed by atoms with Crippen molar-refractivity contribution in [2.24, 2.45) is 5.92 Å². The van der Waals surface area contributed by atoms with Crippen molar-refractivity contribution in [3.05, 3.63) is 34.9 Å². The molecular weight excluding hydrogens is 212 g/mol. The summed E-state index contributed by atoms with van der Waals surface area (Å²) >= 11 is 0. The zero-order valence-electron chi connectivity index (χ0n) is 11.0. The van der Waals surface area contributed by atoms with E-state index >= 15 is 0 Å². The number of ketones is 2. The van der Waals surface area contributed by atoms with Gasteiger partial charge in [-0.3, -0.25) is 9.59 Å². The van der Waals surface area contributed by atoms with Crippen molar-refractivity contribution in [1.29, 1.82) is 0 Å². The van der Waals surface area contributed by atoms with Gasteiger partial charge < -0.3 is 0 Å². The Morgan fingerprint density at radius 1 is 1.18 bits per heavy atom. The third-order valence-corrected chi connectivity index (χ3v) is 2.90. The number of hydrogen-bond acceptors (Lipinski definition) is 2. The lowest BCUT2D eigenvalue weighted by Gasteiger charge is -2.08. The molecular formula is C15H20O2. The molecule has 0 saturated carbocycles. The standard InChI is InChI=1S/C15H20O2/c1-10(2)8-13(16)9-15(17)14-7-5-6-11(3)12(14)4/h5-7,10H,8-9H2,1-4H3. The van der Waals surface area contributed by atoms with E-state index in [2.05, 4.69) is 0 Å². The van der Waals surface area contributed by atoms with Crippen LogP contribution in [0.4, 0.5) is 0 Å². The van der Waals surface area contributed by atoms with E-state index in [4.69, 9.17) is 0 Å². The summed E-state index contributed by atoms with van der Waals surface area (Å²) in [6, 6.07) is 5.64. The first-order valence-corrected chi connectivity index (χ1v) is 6.03. The van der Waals surface area contributed by atoms with Crippen LogP contribution >= 0.6 is 0 Å². The third kappa shape index (κ3) is 3.81. The first-order chi connectivity index (χ1) is 7.91. The molecule has 2 nitrogen and oxygen atoms in total. The van der Waals surface area contributed by atoms with Gasteiger partial charge in [-0.2, -0.15) is 0 Å². The summed E-state index contributed by atoms with van der Waals surface area (Å²) in [6.07, 6.45) is 0.513. The Hall–Kier alpha value is -1.44. The second-order valence-electron chi connectivity index (χ2n) is 4.98. The molecule has 92 valence electrons. The Bertz CT molecular complexity index is 431. The molecule has 0 fully saturated rings. The number of aryl methyl sites for hydroxylation is 1. The number of carbonyl (C=O) groups excluding carboxylic acids is 2. The summed E-state index contributed by atoms with van der Waals surface area (Å²) in [5, 5.41) is 0. The minimum atomic E-state index is -0.0585. The van der Waals surface area contributed by atoms with Crippen LogP contribution in [-0.4, -0.2) is 11.6 Å². The van der Waals surface area contributed by atoms with E-state index in [0.717, 1.165) is 11.1 Å². The summed E-state index contributed by atoms with van der Waals surface area (Å²) in [7, 11) is 0. The minimum Gasteiger partial charge on any atom is -0.299 e. The Morgan fingerprint density at radius 2 is 1.82 bits per heavy atom. The van der Waals surface area contributed by atoms with Gasteiger partial charge in [0.05, 0.1) is 6.42 Å². The predicted molar refractivity (Wildman–Crippen MR) is 69.3 cm³/mol. The van der Waals surface area contributed by atoms with E-state index in [9.17, 15) is 9.59 Å². The quantitative estimate of drug-likeness (QED) is 0.575. The molecule has 0 aromatic heterocycles. The van der Waals surface area contributed by atoms with Crippen LogP contribution in [-0.2, 0) is 4.79 Å². The molecule has 0 aliphatic rings. The Kier molecular flexibility index (Phi) is 4.62. The number of rotatable bonds is 5. The van der Waals surface area contributed by atoms with Gasteiger partial charge in [-0.1, -0.05) is 32.0 Å². The number of benzene rings is 1. The molecule has 0 unspecified atom stereocenters.